The molecule has 2 rings (SSSR count). The molecule has 2 aromatic rings. The normalized spacial score (nSPS) is 10.8. The molecular weight excluding hydrogens is 340 g/mol. The zero-order chi connectivity index (χ0) is 18.6. The summed E-state index contributed by atoms with van der Waals surface area (Å²) in [5, 5.41) is 8.81. The highest BCUT2D eigenvalue weighted by atomic mass is 19.2. The quantitative estimate of drug-likeness (QED) is 0.586. The van der Waals surface area contributed by atoms with Gasteiger partial charge in [0.25, 0.3) is 0 Å². The first-order valence-corrected chi connectivity index (χ1v) is 7.66. The fourth-order valence-corrected chi connectivity index (χ4v) is 2.29. The van der Waals surface area contributed by atoms with Crippen LogP contribution in [0, 0.1) is 23.3 Å². The number of ether oxygens (including phenoxy) is 1. The van der Waals surface area contributed by atoms with Crippen LogP contribution >= 0.6 is 0 Å². The van der Waals surface area contributed by atoms with Crippen LogP contribution in [-0.4, -0.2) is 17.7 Å². The molecule has 0 amide bonds. The minimum atomic E-state index is -1.55. The molecule has 0 bridgehead atoms. The Morgan fingerprint density at radius 2 is 1.52 bits per heavy atom. The highest BCUT2D eigenvalue weighted by Gasteiger charge is 2.26. The fourth-order valence-electron chi connectivity index (χ4n) is 2.29. The van der Waals surface area contributed by atoms with Crippen molar-refractivity contribution in [1.82, 2.24) is 0 Å². The third kappa shape index (κ3) is 4.10. The van der Waals surface area contributed by atoms with E-state index < -0.39 is 40.6 Å². The van der Waals surface area contributed by atoms with Crippen LogP contribution in [0.5, 0.6) is 5.75 Å². The van der Waals surface area contributed by atoms with Crippen LogP contribution < -0.4 is 4.74 Å². The fraction of sp³-hybridized carbons (Fsp3) is 0.278. The lowest BCUT2D eigenvalue weighted by Gasteiger charge is -2.12. The first-order chi connectivity index (χ1) is 11.9. The molecule has 0 saturated carbocycles. The second kappa shape index (κ2) is 8.00. The minimum absolute atomic E-state index is 0.0654. The Bertz CT molecular complexity index is 744. The van der Waals surface area contributed by atoms with Gasteiger partial charge < -0.3 is 9.84 Å². The molecule has 0 radical (unpaired) electrons. The Kier molecular flexibility index (Phi) is 6.01. The highest BCUT2D eigenvalue weighted by molar-refractivity contribution is 5.87. The van der Waals surface area contributed by atoms with Gasteiger partial charge in [0.2, 0.25) is 11.6 Å². The van der Waals surface area contributed by atoms with Gasteiger partial charge in [-0.05, 0) is 37.0 Å². The Balaban J connectivity index is 2.23. The van der Waals surface area contributed by atoms with Gasteiger partial charge in [0.15, 0.2) is 17.4 Å². The molecule has 0 fully saturated rings. The van der Waals surface area contributed by atoms with Gasteiger partial charge >= 0.3 is 5.97 Å². The molecule has 0 aliphatic heterocycles. The number of aromatic carboxylic acids is 1. The van der Waals surface area contributed by atoms with E-state index in [4.69, 9.17) is 9.84 Å². The van der Waals surface area contributed by atoms with E-state index in [1.807, 2.05) is 0 Å². The second-order valence-corrected chi connectivity index (χ2v) is 5.41. The number of benzene rings is 2. The molecule has 0 saturated heterocycles. The summed E-state index contributed by atoms with van der Waals surface area (Å²) in [5.74, 6) is -8.21. The third-order valence-corrected chi connectivity index (χ3v) is 3.63. The molecular formula is C18H16F4O3. The average molecular weight is 356 g/mol. The summed E-state index contributed by atoms with van der Waals surface area (Å²) in [4.78, 5) is 10.8. The van der Waals surface area contributed by atoms with Gasteiger partial charge in [-0.1, -0.05) is 19.1 Å². The van der Waals surface area contributed by atoms with Crippen LogP contribution in [0.25, 0.3) is 0 Å². The number of halogens is 4. The lowest BCUT2D eigenvalue weighted by molar-refractivity contribution is 0.0697. The summed E-state index contributed by atoms with van der Waals surface area (Å²) in [6.07, 6.45) is 0.226. The molecule has 0 atom stereocenters. The third-order valence-electron chi connectivity index (χ3n) is 3.63. The lowest BCUT2D eigenvalue weighted by Crippen LogP contribution is -2.09. The topological polar surface area (TPSA) is 46.5 Å². The zero-order valence-corrected chi connectivity index (χ0v) is 13.4. The van der Waals surface area contributed by atoms with E-state index in [0.29, 0.717) is 12.0 Å². The lowest BCUT2D eigenvalue weighted by atomic mass is 10.0. The Morgan fingerprint density at radius 1 is 0.960 bits per heavy atom. The maximum Gasteiger partial charge on any atom is 0.335 e. The number of carboxylic acid groups (broad SMARTS) is 1. The van der Waals surface area contributed by atoms with Crippen molar-refractivity contribution >= 4 is 5.97 Å². The maximum absolute atomic E-state index is 14.1. The van der Waals surface area contributed by atoms with Gasteiger partial charge in [0.1, 0.15) is 0 Å². The van der Waals surface area contributed by atoms with E-state index in [1.165, 1.54) is 24.3 Å². The highest BCUT2D eigenvalue weighted by Crippen LogP contribution is 2.31. The Morgan fingerprint density at radius 3 is 2.00 bits per heavy atom. The SMILES string of the molecule is CCCOc1c(F)c(F)c(CCc2ccc(C(=O)O)cc2)c(F)c1F. The molecule has 0 aliphatic rings. The molecule has 0 aromatic heterocycles. The van der Waals surface area contributed by atoms with Crippen LogP contribution in [0.15, 0.2) is 24.3 Å². The van der Waals surface area contributed by atoms with Crippen molar-refractivity contribution < 1.29 is 32.2 Å². The smallest absolute Gasteiger partial charge is 0.335 e. The van der Waals surface area contributed by atoms with Gasteiger partial charge in [-0.2, -0.15) is 8.78 Å². The van der Waals surface area contributed by atoms with Crippen LogP contribution in [0.4, 0.5) is 17.6 Å². The van der Waals surface area contributed by atoms with E-state index in [1.54, 1.807) is 6.92 Å². The largest absolute Gasteiger partial charge is 0.487 e. The molecule has 0 spiro atoms. The molecule has 0 unspecified atom stereocenters. The summed E-state index contributed by atoms with van der Waals surface area (Å²) >= 11 is 0. The number of carboxylic acids is 1. The summed E-state index contributed by atoms with van der Waals surface area (Å²) < 4.78 is 60.7. The second-order valence-electron chi connectivity index (χ2n) is 5.41. The van der Waals surface area contributed by atoms with Gasteiger partial charge in [-0.15, -0.1) is 0 Å². The van der Waals surface area contributed by atoms with Crippen molar-refractivity contribution in [1.29, 1.82) is 0 Å². The van der Waals surface area contributed by atoms with Crippen molar-refractivity contribution in [2.45, 2.75) is 26.2 Å². The van der Waals surface area contributed by atoms with Gasteiger partial charge in [-0.25, -0.2) is 13.6 Å². The van der Waals surface area contributed by atoms with Crippen molar-refractivity contribution in [3.8, 4) is 5.75 Å². The molecule has 134 valence electrons. The van der Waals surface area contributed by atoms with E-state index in [9.17, 15) is 22.4 Å². The van der Waals surface area contributed by atoms with Crippen LogP contribution in [0.3, 0.4) is 0 Å². The monoisotopic (exact) mass is 356 g/mol. The number of aryl methyl sites for hydroxylation is 1. The van der Waals surface area contributed by atoms with Gasteiger partial charge in [0, 0.05) is 5.56 Å². The molecule has 7 heteroatoms. The summed E-state index contributed by atoms with van der Waals surface area (Å²) in [6.45, 7) is 1.62. The van der Waals surface area contributed by atoms with E-state index in [-0.39, 0.29) is 25.0 Å². The predicted molar refractivity (Wildman–Crippen MR) is 82.9 cm³/mol. The molecule has 25 heavy (non-hydrogen) atoms. The molecule has 2 aromatic carbocycles. The number of hydrogen-bond donors (Lipinski definition) is 1. The van der Waals surface area contributed by atoms with Crippen molar-refractivity contribution in [3.63, 3.8) is 0 Å². The summed E-state index contributed by atoms with van der Waals surface area (Å²) in [6, 6.07) is 5.63. The van der Waals surface area contributed by atoms with Crippen LogP contribution in [-0.2, 0) is 12.8 Å². The Labute approximate surface area is 141 Å². The summed E-state index contributed by atoms with van der Waals surface area (Å²) in [5.41, 5.74) is -0.0623. The zero-order valence-electron chi connectivity index (χ0n) is 13.4. The standard InChI is InChI=1S/C18H16F4O3/c1-2-9-25-17-15(21)13(19)12(14(20)16(17)22)8-5-10-3-6-11(7-4-10)18(23)24/h3-4,6-7H,2,5,8-9H2,1H3,(H,23,24). The first-order valence-electron chi connectivity index (χ1n) is 7.66. The minimum Gasteiger partial charge on any atom is -0.487 e. The number of rotatable bonds is 7. The van der Waals surface area contributed by atoms with Gasteiger partial charge in [-0.3, -0.25) is 0 Å². The van der Waals surface area contributed by atoms with Crippen LogP contribution in [0.2, 0.25) is 0 Å². The van der Waals surface area contributed by atoms with Gasteiger partial charge in [0.05, 0.1) is 12.2 Å². The van der Waals surface area contributed by atoms with E-state index in [0.717, 1.165) is 0 Å². The Hall–Kier alpha value is -2.57. The maximum atomic E-state index is 14.1. The predicted octanol–water partition coefficient (Wildman–Crippen LogP) is 4.52. The first kappa shape index (κ1) is 18.8. The van der Waals surface area contributed by atoms with Crippen LogP contribution in [0.1, 0.15) is 34.8 Å². The van der Waals surface area contributed by atoms with Crippen molar-refractivity contribution in [3.05, 3.63) is 64.2 Å². The van der Waals surface area contributed by atoms with E-state index in [2.05, 4.69) is 0 Å². The number of hydrogen-bond acceptors (Lipinski definition) is 2. The summed E-state index contributed by atoms with van der Waals surface area (Å²) in [7, 11) is 0. The average Bonchev–Trinajstić information content (AvgIpc) is 2.60. The molecule has 1 N–H and O–H groups in total. The molecule has 0 heterocycles. The van der Waals surface area contributed by atoms with E-state index >= 15 is 0 Å². The van der Waals surface area contributed by atoms with Crippen molar-refractivity contribution in [2.75, 3.05) is 6.61 Å². The molecule has 0 aliphatic carbocycles. The molecule has 3 nitrogen and oxygen atoms in total. The number of carbonyl (C=O) groups is 1. The van der Waals surface area contributed by atoms with Crippen molar-refractivity contribution in [2.24, 2.45) is 0 Å².